The van der Waals surface area contributed by atoms with Crippen molar-refractivity contribution in [1.29, 1.82) is 0 Å². The molecular formula is C17H13ClO2S. The van der Waals surface area contributed by atoms with Gasteiger partial charge >= 0.3 is 0 Å². The smallest absolute Gasteiger partial charge is 0.191 e. The fraction of sp³-hybridized carbons (Fsp3) is 0.118. The number of benzene rings is 2. The maximum absolute atomic E-state index is 6.11. The van der Waals surface area contributed by atoms with E-state index in [2.05, 4.69) is 0 Å². The van der Waals surface area contributed by atoms with Crippen LogP contribution in [0.15, 0.2) is 52.9 Å². The van der Waals surface area contributed by atoms with Gasteiger partial charge < -0.3 is 9.15 Å². The van der Waals surface area contributed by atoms with Crippen molar-refractivity contribution < 1.29 is 9.15 Å². The zero-order chi connectivity index (χ0) is 14.8. The summed E-state index contributed by atoms with van der Waals surface area (Å²) >= 11 is 11.2. The molecule has 0 unspecified atom stereocenters. The largest absolute Gasteiger partial charge is 0.489 e. The Hall–Kier alpha value is -1.84. The molecule has 21 heavy (non-hydrogen) atoms. The summed E-state index contributed by atoms with van der Waals surface area (Å²) in [5, 5.41) is 1.74. The monoisotopic (exact) mass is 316 g/mol. The molecule has 1 heterocycles. The first-order valence-corrected chi connectivity index (χ1v) is 7.33. The van der Waals surface area contributed by atoms with E-state index >= 15 is 0 Å². The Labute approximate surface area is 132 Å². The van der Waals surface area contributed by atoms with Crippen LogP contribution in [0.25, 0.3) is 11.0 Å². The van der Waals surface area contributed by atoms with Crippen LogP contribution in [0.2, 0.25) is 5.02 Å². The third kappa shape index (κ3) is 3.09. The molecule has 0 N–H and O–H groups in total. The van der Waals surface area contributed by atoms with Crippen LogP contribution in [-0.2, 0) is 6.61 Å². The number of fused-ring (bicyclic) bond motifs is 1. The number of aryl methyl sites for hydroxylation is 1. The molecular weight excluding hydrogens is 304 g/mol. The van der Waals surface area contributed by atoms with E-state index in [1.54, 1.807) is 0 Å². The van der Waals surface area contributed by atoms with Crippen molar-refractivity contribution in [1.82, 2.24) is 0 Å². The quantitative estimate of drug-likeness (QED) is 0.578. The molecule has 0 amide bonds. The Kier molecular flexibility index (Phi) is 3.95. The lowest BCUT2D eigenvalue weighted by Gasteiger charge is -2.09. The van der Waals surface area contributed by atoms with Gasteiger partial charge in [0.05, 0.1) is 0 Å². The molecule has 0 aliphatic rings. The molecule has 4 heteroatoms. The highest BCUT2D eigenvalue weighted by molar-refractivity contribution is 7.71. The molecule has 3 aromatic rings. The molecule has 0 saturated heterocycles. The maximum Gasteiger partial charge on any atom is 0.191 e. The van der Waals surface area contributed by atoms with Crippen LogP contribution < -0.4 is 4.74 Å². The van der Waals surface area contributed by atoms with Gasteiger partial charge in [0.25, 0.3) is 0 Å². The normalized spacial score (nSPS) is 10.8. The van der Waals surface area contributed by atoms with Gasteiger partial charge in [-0.1, -0.05) is 29.8 Å². The minimum absolute atomic E-state index is 0.414. The molecule has 1 aromatic heterocycles. The molecule has 0 spiro atoms. The second-order valence-corrected chi connectivity index (χ2v) is 5.60. The fourth-order valence-electron chi connectivity index (χ4n) is 2.17. The van der Waals surface area contributed by atoms with Crippen LogP contribution in [0.3, 0.4) is 0 Å². The summed E-state index contributed by atoms with van der Waals surface area (Å²) in [6.45, 7) is 2.43. The Morgan fingerprint density at radius 1 is 1.14 bits per heavy atom. The molecule has 0 saturated carbocycles. The van der Waals surface area contributed by atoms with Gasteiger partial charge in [0.2, 0.25) is 0 Å². The first-order valence-electron chi connectivity index (χ1n) is 6.54. The number of rotatable bonds is 3. The Morgan fingerprint density at radius 3 is 2.76 bits per heavy atom. The van der Waals surface area contributed by atoms with Crippen molar-refractivity contribution in [3.05, 3.63) is 69.4 Å². The SMILES string of the molecule is Cc1cc(=S)oc2cc(OCc3ccccc3Cl)ccc12. The van der Waals surface area contributed by atoms with Gasteiger partial charge in [-0.05, 0) is 49.0 Å². The van der Waals surface area contributed by atoms with Crippen molar-refractivity contribution in [2.75, 3.05) is 0 Å². The summed E-state index contributed by atoms with van der Waals surface area (Å²) in [4.78, 5) is 0. The van der Waals surface area contributed by atoms with Crippen molar-refractivity contribution in [3.8, 4) is 5.75 Å². The van der Waals surface area contributed by atoms with E-state index in [0.717, 1.165) is 27.8 Å². The molecule has 0 aliphatic heterocycles. The molecule has 2 nitrogen and oxygen atoms in total. The Balaban J connectivity index is 1.88. The Morgan fingerprint density at radius 2 is 1.95 bits per heavy atom. The second-order valence-electron chi connectivity index (χ2n) is 4.79. The van der Waals surface area contributed by atoms with E-state index in [1.807, 2.05) is 55.5 Å². The van der Waals surface area contributed by atoms with Gasteiger partial charge in [0, 0.05) is 22.0 Å². The maximum atomic E-state index is 6.11. The van der Waals surface area contributed by atoms with Crippen LogP contribution in [0, 0.1) is 11.6 Å². The van der Waals surface area contributed by atoms with Gasteiger partial charge in [-0.3, -0.25) is 0 Å². The van der Waals surface area contributed by atoms with Crippen LogP contribution >= 0.6 is 23.8 Å². The molecule has 106 valence electrons. The van der Waals surface area contributed by atoms with E-state index < -0.39 is 0 Å². The third-order valence-corrected chi connectivity index (χ3v) is 3.84. The van der Waals surface area contributed by atoms with E-state index in [9.17, 15) is 0 Å². The number of halogens is 1. The first kappa shape index (κ1) is 14.1. The fourth-order valence-corrected chi connectivity index (χ4v) is 2.63. The number of hydrogen-bond donors (Lipinski definition) is 0. The lowest BCUT2D eigenvalue weighted by Crippen LogP contribution is -1.96. The predicted octanol–water partition coefficient (Wildman–Crippen LogP) is 5.70. The van der Waals surface area contributed by atoms with Crippen molar-refractivity contribution in [2.45, 2.75) is 13.5 Å². The number of ether oxygens (including phenoxy) is 1. The van der Waals surface area contributed by atoms with E-state index in [0.29, 0.717) is 16.3 Å². The van der Waals surface area contributed by atoms with Gasteiger partial charge in [-0.25, -0.2) is 0 Å². The van der Waals surface area contributed by atoms with Crippen LogP contribution in [-0.4, -0.2) is 0 Å². The molecule has 0 aliphatic carbocycles. The van der Waals surface area contributed by atoms with Gasteiger partial charge in [0.1, 0.15) is 17.9 Å². The molecule has 2 aromatic carbocycles. The average Bonchev–Trinajstić information content (AvgIpc) is 2.46. The highest BCUT2D eigenvalue weighted by atomic mass is 35.5. The molecule has 0 radical (unpaired) electrons. The number of hydrogen-bond acceptors (Lipinski definition) is 3. The topological polar surface area (TPSA) is 22.4 Å². The predicted molar refractivity (Wildman–Crippen MR) is 87.6 cm³/mol. The van der Waals surface area contributed by atoms with E-state index in [-0.39, 0.29) is 0 Å². The summed E-state index contributed by atoms with van der Waals surface area (Å²) in [6.07, 6.45) is 0. The zero-order valence-corrected chi connectivity index (χ0v) is 13.0. The van der Waals surface area contributed by atoms with Gasteiger partial charge in [0.15, 0.2) is 4.71 Å². The summed E-state index contributed by atoms with van der Waals surface area (Å²) in [6, 6.07) is 15.2. The summed E-state index contributed by atoms with van der Waals surface area (Å²) < 4.78 is 11.8. The van der Waals surface area contributed by atoms with Crippen LogP contribution in [0.5, 0.6) is 5.75 Å². The average molecular weight is 317 g/mol. The minimum atomic E-state index is 0.414. The highest BCUT2D eigenvalue weighted by Crippen LogP contribution is 2.25. The van der Waals surface area contributed by atoms with Crippen LogP contribution in [0.1, 0.15) is 11.1 Å². The van der Waals surface area contributed by atoms with Gasteiger partial charge in [-0.15, -0.1) is 0 Å². The van der Waals surface area contributed by atoms with E-state index in [1.165, 1.54) is 0 Å². The van der Waals surface area contributed by atoms with E-state index in [4.69, 9.17) is 33.0 Å². The van der Waals surface area contributed by atoms with Crippen molar-refractivity contribution in [2.24, 2.45) is 0 Å². The third-order valence-electron chi connectivity index (χ3n) is 3.28. The summed E-state index contributed by atoms with van der Waals surface area (Å²) in [5.41, 5.74) is 2.78. The molecule has 0 fully saturated rings. The zero-order valence-electron chi connectivity index (χ0n) is 11.4. The van der Waals surface area contributed by atoms with Gasteiger partial charge in [-0.2, -0.15) is 0 Å². The lowest BCUT2D eigenvalue weighted by atomic mass is 10.1. The molecule has 0 bridgehead atoms. The lowest BCUT2D eigenvalue weighted by molar-refractivity contribution is 0.306. The highest BCUT2D eigenvalue weighted by Gasteiger charge is 2.04. The summed E-state index contributed by atoms with van der Waals surface area (Å²) in [7, 11) is 0. The van der Waals surface area contributed by atoms with Crippen molar-refractivity contribution >= 4 is 34.8 Å². The van der Waals surface area contributed by atoms with Crippen molar-refractivity contribution in [3.63, 3.8) is 0 Å². The summed E-state index contributed by atoms with van der Waals surface area (Å²) in [5.74, 6) is 0.728. The molecule has 0 atom stereocenters. The first-order chi connectivity index (χ1) is 10.1. The molecule has 3 rings (SSSR count). The van der Waals surface area contributed by atoms with Crippen LogP contribution in [0.4, 0.5) is 0 Å². The standard InChI is InChI=1S/C17H13ClO2S/c1-11-8-17(21)20-16-9-13(6-7-14(11)16)19-10-12-4-2-3-5-15(12)18/h2-9H,10H2,1H3. The Bertz CT molecular complexity index is 855. The minimum Gasteiger partial charge on any atom is -0.489 e. The second kappa shape index (κ2) is 5.88.